The van der Waals surface area contributed by atoms with E-state index in [1.807, 2.05) is 11.3 Å². The number of fused-ring (bicyclic) bond motifs is 9. The first-order chi connectivity index (χ1) is 22.7. The number of rotatable bonds is 1. The Kier molecular flexibility index (Phi) is 6.01. The minimum absolute atomic E-state index is 0.00532. The summed E-state index contributed by atoms with van der Waals surface area (Å²) < 4.78 is 3.93. The van der Waals surface area contributed by atoms with Crippen LogP contribution in [0.2, 0.25) is 0 Å². The van der Waals surface area contributed by atoms with Gasteiger partial charge in [0.2, 0.25) is 0 Å². The van der Waals surface area contributed by atoms with Crippen molar-refractivity contribution in [2.24, 2.45) is 0 Å². The summed E-state index contributed by atoms with van der Waals surface area (Å²) in [5, 5.41) is 4.04. The Bertz CT molecular complexity index is 2460. The van der Waals surface area contributed by atoms with Crippen LogP contribution >= 0.6 is 11.3 Å². The molecule has 0 spiro atoms. The maximum absolute atomic E-state index is 2.69. The van der Waals surface area contributed by atoms with Crippen LogP contribution in [0.5, 0.6) is 0 Å². The molecule has 0 saturated heterocycles. The number of benzene rings is 5. The lowest BCUT2D eigenvalue weighted by Crippen LogP contribution is -2.60. The van der Waals surface area contributed by atoms with Gasteiger partial charge in [-0.1, -0.05) is 117 Å². The molecule has 4 heterocycles. The average molecular weight is 643 g/mol. The molecule has 0 fully saturated rings. The fourth-order valence-electron chi connectivity index (χ4n) is 8.18. The van der Waals surface area contributed by atoms with Gasteiger partial charge in [0.1, 0.15) is 0 Å². The van der Waals surface area contributed by atoms with E-state index in [-0.39, 0.29) is 23.1 Å². The predicted octanol–water partition coefficient (Wildman–Crippen LogP) is 11.1. The van der Waals surface area contributed by atoms with Gasteiger partial charge < -0.3 is 9.38 Å². The third kappa shape index (κ3) is 4.11. The van der Waals surface area contributed by atoms with E-state index in [1.165, 1.54) is 87.0 Å². The fraction of sp³-hybridized carbons (Fsp3) is 0.273. The zero-order valence-corrected chi connectivity index (χ0v) is 30.4. The molecule has 0 radical (unpaired) electrons. The fourth-order valence-corrected chi connectivity index (χ4v) is 9.41. The van der Waals surface area contributed by atoms with Crippen molar-refractivity contribution in [3.63, 3.8) is 0 Å². The molecule has 4 heteroatoms. The van der Waals surface area contributed by atoms with Crippen molar-refractivity contribution in [3.05, 3.63) is 114 Å². The van der Waals surface area contributed by atoms with Crippen LogP contribution in [0.3, 0.4) is 0 Å². The zero-order valence-electron chi connectivity index (χ0n) is 29.6. The molecule has 238 valence electrons. The molecule has 48 heavy (non-hydrogen) atoms. The van der Waals surface area contributed by atoms with Crippen LogP contribution in [-0.2, 0) is 16.2 Å². The Labute approximate surface area is 289 Å². The third-order valence-corrected chi connectivity index (χ3v) is 12.0. The van der Waals surface area contributed by atoms with Gasteiger partial charge in [-0.2, -0.15) is 0 Å². The van der Waals surface area contributed by atoms with Gasteiger partial charge in [0, 0.05) is 32.2 Å². The summed E-state index contributed by atoms with van der Waals surface area (Å²) in [7, 11) is 0. The van der Waals surface area contributed by atoms with E-state index >= 15 is 0 Å². The Morgan fingerprint density at radius 2 is 1.25 bits per heavy atom. The molecule has 9 rings (SSSR count). The summed E-state index contributed by atoms with van der Waals surface area (Å²) in [5.41, 5.74) is 15.0. The highest BCUT2D eigenvalue weighted by Gasteiger charge is 2.45. The van der Waals surface area contributed by atoms with Crippen molar-refractivity contribution in [1.82, 2.24) is 4.57 Å². The van der Waals surface area contributed by atoms with Crippen LogP contribution in [0.25, 0.3) is 48.0 Å². The molecule has 2 aliphatic rings. The summed E-state index contributed by atoms with van der Waals surface area (Å²) in [5.74, 6) is 0. The summed E-state index contributed by atoms with van der Waals surface area (Å²) >= 11 is 1.93. The van der Waals surface area contributed by atoms with Crippen LogP contribution in [-0.4, -0.2) is 11.4 Å². The van der Waals surface area contributed by atoms with Gasteiger partial charge >= 0.3 is 6.85 Å². The minimum atomic E-state index is -0.00532. The van der Waals surface area contributed by atoms with E-state index in [9.17, 15) is 0 Å². The number of hydrogen-bond acceptors (Lipinski definition) is 2. The summed E-state index contributed by atoms with van der Waals surface area (Å²) in [6.07, 6.45) is 0. The number of nitrogens with zero attached hydrogens (tertiary/aromatic N) is 2. The van der Waals surface area contributed by atoms with Crippen molar-refractivity contribution in [3.8, 4) is 16.1 Å². The van der Waals surface area contributed by atoms with Gasteiger partial charge in [-0.05, 0) is 91.9 Å². The van der Waals surface area contributed by atoms with E-state index in [4.69, 9.17) is 0 Å². The predicted molar refractivity (Wildman–Crippen MR) is 211 cm³/mol. The largest absolute Gasteiger partial charge is 0.375 e. The maximum atomic E-state index is 2.69. The highest BCUT2D eigenvalue weighted by atomic mass is 32.1. The normalized spacial score (nSPS) is 14.3. The first-order valence-corrected chi connectivity index (χ1v) is 18.2. The molecule has 0 amide bonds. The Morgan fingerprint density at radius 3 is 1.96 bits per heavy atom. The van der Waals surface area contributed by atoms with Gasteiger partial charge in [-0.25, -0.2) is 0 Å². The van der Waals surface area contributed by atoms with Crippen LogP contribution in [0.15, 0.2) is 97.1 Å². The minimum Gasteiger partial charge on any atom is -0.375 e. The number of aromatic nitrogens is 1. The Morgan fingerprint density at radius 1 is 0.583 bits per heavy atom. The number of anilines is 2. The highest BCUT2D eigenvalue weighted by molar-refractivity contribution is 7.24. The molecule has 2 aliphatic heterocycles. The molecule has 0 atom stereocenters. The van der Waals surface area contributed by atoms with E-state index in [0.29, 0.717) is 0 Å². The lowest BCUT2D eigenvalue weighted by atomic mass is 9.44. The highest BCUT2D eigenvalue weighted by Crippen LogP contribution is 2.51. The monoisotopic (exact) mass is 642 g/mol. The van der Waals surface area contributed by atoms with Crippen LogP contribution in [0, 0.1) is 0 Å². The molecule has 0 N–H and O–H groups in total. The molecule has 5 aromatic carbocycles. The lowest BCUT2D eigenvalue weighted by Gasteiger charge is -2.41. The van der Waals surface area contributed by atoms with Gasteiger partial charge in [0.05, 0.1) is 21.6 Å². The first kappa shape index (κ1) is 29.8. The standard InChI is InChI=1S/C44H43BN2S/c1-42(2,3)26-17-20-29(21-18-26)47-40-30-13-10-11-16-37(30)48-41(40)31-14-12-15-36-38(31)45(47)34-25-28(44(7,8)9)24-33-32-23-27(43(4,5)6)19-22-35(32)46(36)39(33)34/h10-25H,1-9H3. The first-order valence-electron chi connectivity index (χ1n) is 17.4. The van der Waals surface area contributed by atoms with Crippen molar-refractivity contribution in [1.29, 1.82) is 0 Å². The van der Waals surface area contributed by atoms with Crippen molar-refractivity contribution in [2.45, 2.75) is 78.6 Å². The second-order valence-electron chi connectivity index (χ2n) is 17.1. The molecule has 7 aromatic rings. The van der Waals surface area contributed by atoms with Crippen molar-refractivity contribution >= 4 is 72.4 Å². The van der Waals surface area contributed by atoms with E-state index in [1.54, 1.807) is 0 Å². The van der Waals surface area contributed by atoms with E-state index in [0.717, 1.165) is 0 Å². The Hall–Kier alpha value is -4.28. The molecule has 0 bridgehead atoms. The van der Waals surface area contributed by atoms with Crippen LogP contribution in [0.1, 0.15) is 79.0 Å². The summed E-state index contributed by atoms with van der Waals surface area (Å²) in [6, 6.07) is 37.7. The molecule has 2 nitrogen and oxygen atoms in total. The van der Waals surface area contributed by atoms with Gasteiger partial charge in [-0.3, -0.25) is 0 Å². The molecular formula is C44H43BN2S. The maximum Gasteiger partial charge on any atom is 0.333 e. The quantitative estimate of drug-likeness (QED) is 0.162. The second-order valence-corrected chi connectivity index (χ2v) is 18.2. The van der Waals surface area contributed by atoms with Gasteiger partial charge in [-0.15, -0.1) is 11.3 Å². The van der Waals surface area contributed by atoms with Crippen molar-refractivity contribution in [2.75, 3.05) is 4.81 Å². The van der Waals surface area contributed by atoms with E-state index < -0.39 is 0 Å². The molecule has 2 aromatic heterocycles. The topological polar surface area (TPSA) is 8.17 Å². The number of thiophene rings is 1. The second kappa shape index (κ2) is 9.67. The molecular weight excluding hydrogens is 599 g/mol. The van der Waals surface area contributed by atoms with Crippen LogP contribution < -0.4 is 15.7 Å². The van der Waals surface area contributed by atoms with Gasteiger partial charge in [0.15, 0.2) is 0 Å². The number of hydrogen-bond donors (Lipinski definition) is 0. The molecule has 0 unspecified atom stereocenters. The lowest BCUT2D eigenvalue weighted by molar-refractivity contribution is 0.590. The third-order valence-electron chi connectivity index (χ3n) is 10.8. The smallest absolute Gasteiger partial charge is 0.333 e. The van der Waals surface area contributed by atoms with E-state index in [2.05, 4.69) is 169 Å². The van der Waals surface area contributed by atoms with Crippen LogP contribution in [0.4, 0.5) is 11.4 Å². The molecule has 0 saturated carbocycles. The van der Waals surface area contributed by atoms with Gasteiger partial charge in [0.25, 0.3) is 0 Å². The average Bonchev–Trinajstić information content (AvgIpc) is 3.59. The molecule has 0 aliphatic carbocycles. The zero-order chi connectivity index (χ0) is 33.5. The SMILES string of the molecule is CC(C)(C)c1ccc(N2B3c4c(cccc4-n4c5ccc(C(C)(C)C)cc5c5cc(C(C)(C)C)cc3c54)-c3sc4ccccc4c32)cc1. The summed E-state index contributed by atoms with van der Waals surface area (Å²) in [4.78, 5) is 4.05. The summed E-state index contributed by atoms with van der Waals surface area (Å²) in [6.45, 7) is 21.0. The Balaban J connectivity index is 1.45. The van der Waals surface area contributed by atoms with Crippen molar-refractivity contribution < 1.29 is 0 Å².